The summed E-state index contributed by atoms with van der Waals surface area (Å²) >= 11 is 0. The van der Waals surface area contributed by atoms with Gasteiger partial charge in [0, 0.05) is 30.5 Å². The summed E-state index contributed by atoms with van der Waals surface area (Å²) in [5.41, 5.74) is 1.69. The zero-order valence-electron chi connectivity index (χ0n) is 13.5. The smallest absolute Gasteiger partial charge is 0.259 e. The highest BCUT2D eigenvalue weighted by Gasteiger charge is 2.17. The Morgan fingerprint density at radius 3 is 2.38 bits per heavy atom. The Labute approximate surface area is 140 Å². The van der Waals surface area contributed by atoms with Crippen molar-refractivity contribution in [2.75, 3.05) is 18.5 Å². The van der Waals surface area contributed by atoms with Gasteiger partial charge in [0.05, 0.1) is 11.8 Å². The van der Waals surface area contributed by atoms with Gasteiger partial charge in [0.1, 0.15) is 5.76 Å². The third-order valence-electron chi connectivity index (χ3n) is 4.06. The van der Waals surface area contributed by atoms with Crippen molar-refractivity contribution < 1.29 is 18.7 Å². The minimum atomic E-state index is -0.236. The molecule has 1 fully saturated rings. The number of carbonyl (C=O) groups excluding carboxylic acids is 2. The van der Waals surface area contributed by atoms with Crippen LogP contribution in [-0.2, 0) is 4.74 Å². The largest absolute Gasteiger partial charge is 0.469 e. The molecule has 24 heavy (non-hydrogen) atoms. The van der Waals surface area contributed by atoms with E-state index in [2.05, 4.69) is 10.6 Å². The molecule has 2 amide bonds. The average Bonchev–Trinajstić information content (AvgIpc) is 3.02. The average molecular weight is 328 g/mol. The van der Waals surface area contributed by atoms with Crippen LogP contribution in [0.2, 0.25) is 0 Å². The van der Waals surface area contributed by atoms with Crippen molar-refractivity contribution in [2.45, 2.75) is 25.8 Å². The van der Waals surface area contributed by atoms with E-state index in [0.29, 0.717) is 35.8 Å². The van der Waals surface area contributed by atoms with Crippen LogP contribution in [0.1, 0.15) is 39.3 Å². The molecule has 0 bridgehead atoms. The lowest BCUT2D eigenvalue weighted by molar-refractivity contribution is 0.0696. The number of ether oxygens (including phenoxy) is 1. The Morgan fingerprint density at radius 2 is 1.75 bits per heavy atom. The monoisotopic (exact) mass is 328 g/mol. The molecule has 1 aromatic carbocycles. The van der Waals surface area contributed by atoms with Gasteiger partial charge in [0.25, 0.3) is 11.8 Å². The lowest BCUT2D eigenvalue weighted by Crippen LogP contribution is -2.38. The van der Waals surface area contributed by atoms with Gasteiger partial charge in [-0.15, -0.1) is 0 Å². The van der Waals surface area contributed by atoms with Gasteiger partial charge in [-0.3, -0.25) is 9.59 Å². The lowest BCUT2D eigenvalue weighted by atomic mass is 10.1. The summed E-state index contributed by atoms with van der Waals surface area (Å²) in [6, 6.07) is 8.62. The molecule has 6 heteroatoms. The van der Waals surface area contributed by atoms with E-state index in [1.165, 1.54) is 6.26 Å². The first-order valence-electron chi connectivity index (χ1n) is 7.97. The molecule has 1 aliphatic rings. The minimum Gasteiger partial charge on any atom is -0.469 e. The first-order valence-corrected chi connectivity index (χ1v) is 7.97. The van der Waals surface area contributed by atoms with E-state index in [1.807, 2.05) is 0 Å². The van der Waals surface area contributed by atoms with Gasteiger partial charge in [-0.1, -0.05) is 0 Å². The first-order chi connectivity index (χ1) is 11.6. The second kappa shape index (κ2) is 7.31. The third-order valence-corrected chi connectivity index (χ3v) is 4.06. The van der Waals surface area contributed by atoms with Gasteiger partial charge < -0.3 is 19.8 Å². The summed E-state index contributed by atoms with van der Waals surface area (Å²) in [6.07, 6.45) is 3.15. The predicted molar refractivity (Wildman–Crippen MR) is 89.1 cm³/mol. The number of aryl methyl sites for hydroxylation is 1. The number of hydrogen-bond acceptors (Lipinski definition) is 4. The molecule has 3 rings (SSSR count). The molecule has 0 atom stereocenters. The van der Waals surface area contributed by atoms with Crippen LogP contribution in [0.3, 0.4) is 0 Å². The van der Waals surface area contributed by atoms with E-state index in [0.717, 1.165) is 12.8 Å². The highest BCUT2D eigenvalue weighted by atomic mass is 16.5. The molecule has 1 aromatic heterocycles. The molecule has 2 heterocycles. The molecule has 0 saturated carbocycles. The molecule has 0 radical (unpaired) electrons. The SMILES string of the molecule is Cc1occc1C(=O)Nc1ccc(C(=O)NC2CCOCC2)cc1. The molecule has 2 aromatic rings. The minimum absolute atomic E-state index is 0.106. The van der Waals surface area contributed by atoms with Gasteiger partial charge >= 0.3 is 0 Å². The van der Waals surface area contributed by atoms with Crippen LogP contribution in [0.5, 0.6) is 0 Å². The van der Waals surface area contributed by atoms with E-state index < -0.39 is 0 Å². The van der Waals surface area contributed by atoms with Crippen molar-refractivity contribution in [3.05, 3.63) is 53.5 Å². The van der Waals surface area contributed by atoms with Crippen LogP contribution in [0.25, 0.3) is 0 Å². The second-order valence-electron chi connectivity index (χ2n) is 5.78. The van der Waals surface area contributed by atoms with E-state index in [1.54, 1.807) is 37.3 Å². The van der Waals surface area contributed by atoms with E-state index >= 15 is 0 Å². The molecule has 0 spiro atoms. The summed E-state index contributed by atoms with van der Waals surface area (Å²) in [4.78, 5) is 24.3. The topological polar surface area (TPSA) is 80.6 Å². The zero-order chi connectivity index (χ0) is 16.9. The van der Waals surface area contributed by atoms with Crippen LogP contribution >= 0.6 is 0 Å². The van der Waals surface area contributed by atoms with Crippen LogP contribution < -0.4 is 10.6 Å². The zero-order valence-corrected chi connectivity index (χ0v) is 13.5. The van der Waals surface area contributed by atoms with E-state index in [-0.39, 0.29) is 17.9 Å². The molecule has 126 valence electrons. The highest BCUT2D eigenvalue weighted by Crippen LogP contribution is 2.15. The summed E-state index contributed by atoms with van der Waals surface area (Å²) in [5.74, 6) is 0.228. The van der Waals surface area contributed by atoms with Crippen molar-refractivity contribution in [3.63, 3.8) is 0 Å². The van der Waals surface area contributed by atoms with E-state index in [9.17, 15) is 9.59 Å². The molecule has 2 N–H and O–H groups in total. The molecular formula is C18H20N2O4. The van der Waals surface area contributed by atoms with Gasteiger partial charge in [0.15, 0.2) is 0 Å². The van der Waals surface area contributed by atoms with Crippen molar-refractivity contribution in [1.82, 2.24) is 5.32 Å². The number of carbonyl (C=O) groups is 2. The van der Waals surface area contributed by atoms with Crippen LogP contribution in [0, 0.1) is 6.92 Å². The number of nitrogens with one attached hydrogen (secondary N) is 2. The van der Waals surface area contributed by atoms with E-state index in [4.69, 9.17) is 9.15 Å². The number of hydrogen-bond donors (Lipinski definition) is 2. The standard InChI is InChI=1S/C18H20N2O4/c1-12-16(8-11-24-12)18(22)20-14-4-2-13(3-5-14)17(21)19-15-6-9-23-10-7-15/h2-5,8,11,15H,6-7,9-10H2,1H3,(H,19,21)(H,20,22). The molecule has 1 aliphatic heterocycles. The molecule has 6 nitrogen and oxygen atoms in total. The maximum absolute atomic E-state index is 12.2. The first kappa shape index (κ1) is 16.3. The fourth-order valence-electron chi connectivity index (χ4n) is 2.63. The van der Waals surface area contributed by atoms with Crippen LogP contribution in [0.15, 0.2) is 41.0 Å². The Hall–Kier alpha value is -2.60. The van der Waals surface area contributed by atoms with Crippen molar-refractivity contribution in [1.29, 1.82) is 0 Å². The number of benzene rings is 1. The predicted octanol–water partition coefficient (Wildman–Crippen LogP) is 2.75. The summed E-state index contributed by atoms with van der Waals surface area (Å²) in [6.45, 7) is 3.10. The normalized spacial score (nSPS) is 15.0. The Morgan fingerprint density at radius 1 is 1.04 bits per heavy atom. The maximum atomic E-state index is 12.2. The number of furan rings is 1. The Bertz CT molecular complexity index is 715. The summed E-state index contributed by atoms with van der Waals surface area (Å²) in [5, 5.41) is 5.79. The molecule has 1 saturated heterocycles. The Kier molecular flexibility index (Phi) is 4.96. The second-order valence-corrected chi connectivity index (χ2v) is 5.78. The summed E-state index contributed by atoms with van der Waals surface area (Å²) < 4.78 is 10.4. The van der Waals surface area contributed by atoms with Gasteiger partial charge in [-0.05, 0) is 50.1 Å². The van der Waals surface area contributed by atoms with Gasteiger partial charge in [-0.2, -0.15) is 0 Å². The van der Waals surface area contributed by atoms with Crippen molar-refractivity contribution in [2.24, 2.45) is 0 Å². The third kappa shape index (κ3) is 3.83. The quantitative estimate of drug-likeness (QED) is 0.904. The number of anilines is 1. The fraction of sp³-hybridized carbons (Fsp3) is 0.333. The number of rotatable bonds is 4. The summed E-state index contributed by atoms with van der Waals surface area (Å²) in [7, 11) is 0. The highest BCUT2D eigenvalue weighted by molar-refractivity contribution is 6.05. The molecule has 0 aliphatic carbocycles. The van der Waals surface area contributed by atoms with Crippen LogP contribution in [0.4, 0.5) is 5.69 Å². The van der Waals surface area contributed by atoms with Gasteiger partial charge in [-0.25, -0.2) is 0 Å². The fourth-order valence-corrected chi connectivity index (χ4v) is 2.63. The van der Waals surface area contributed by atoms with Gasteiger partial charge in [0.2, 0.25) is 0 Å². The Balaban J connectivity index is 1.59. The molecular weight excluding hydrogens is 308 g/mol. The van der Waals surface area contributed by atoms with Crippen LogP contribution in [-0.4, -0.2) is 31.1 Å². The van der Waals surface area contributed by atoms with Crippen molar-refractivity contribution in [3.8, 4) is 0 Å². The maximum Gasteiger partial charge on any atom is 0.259 e. The van der Waals surface area contributed by atoms with Crippen molar-refractivity contribution >= 4 is 17.5 Å². The molecule has 0 unspecified atom stereocenters. The lowest BCUT2D eigenvalue weighted by Gasteiger charge is -2.23. The number of amides is 2.